The Hall–Kier alpha value is -2.53. The molecule has 1 saturated heterocycles. The van der Waals surface area contributed by atoms with E-state index in [2.05, 4.69) is 15.0 Å². The van der Waals surface area contributed by atoms with Crippen LogP contribution < -0.4 is 4.90 Å². The topological polar surface area (TPSA) is 95.1 Å². The fourth-order valence-corrected chi connectivity index (χ4v) is 2.32. The summed E-state index contributed by atoms with van der Waals surface area (Å²) >= 11 is 0. The number of benzene rings is 1. The lowest BCUT2D eigenvalue weighted by Gasteiger charge is -2.16. The second-order valence-corrected chi connectivity index (χ2v) is 4.49. The summed E-state index contributed by atoms with van der Waals surface area (Å²) in [5, 5.41) is 3.53. The third kappa shape index (κ3) is 2.11. The Morgan fingerprint density at radius 3 is 3.32 bits per heavy atom. The van der Waals surface area contributed by atoms with Crippen LogP contribution >= 0.6 is 0 Å². The zero-order valence-electron chi connectivity index (χ0n) is 10.1. The smallest absolute Gasteiger partial charge is 0.227 e. The summed E-state index contributed by atoms with van der Waals surface area (Å²) < 4.78 is 5.23. The molecule has 0 bridgehead atoms. The van der Waals surface area contributed by atoms with E-state index in [-0.39, 0.29) is 11.8 Å². The van der Waals surface area contributed by atoms with Crippen LogP contribution in [0.1, 0.15) is 6.42 Å². The second kappa shape index (κ2) is 4.62. The Labute approximate surface area is 108 Å². The predicted molar refractivity (Wildman–Crippen MR) is 68.5 cm³/mol. The Morgan fingerprint density at radius 1 is 1.58 bits per heavy atom. The van der Waals surface area contributed by atoms with Crippen molar-refractivity contribution < 1.29 is 9.21 Å². The maximum atomic E-state index is 12.0. The highest BCUT2D eigenvalue weighted by Crippen LogP contribution is 2.27. The maximum Gasteiger partial charge on any atom is 0.227 e. The number of hydrogen-bond donors (Lipinski definition) is 0. The van der Waals surface area contributed by atoms with Crippen molar-refractivity contribution in [3.63, 3.8) is 0 Å². The Kier molecular flexibility index (Phi) is 2.81. The molecule has 7 nitrogen and oxygen atoms in total. The van der Waals surface area contributed by atoms with Gasteiger partial charge in [0.1, 0.15) is 5.52 Å². The van der Waals surface area contributed by atoms with Gasteiger partial charge in [0, 0.05) is 36.2 Å². The molecule has 2 heterocycles. The van der Waals surface area contributed by atoms with E-state index in [4.69, 9.17) is 9.95 Å². The minimum absolute atomic E-state index is 0.0389. The SMILES string of the molecule is [N-]=[N+]=NCC1CC(=O)N(c2ccc3ncoc3c2)C1. The molecule has 7 heteroatoms. The molecular formula is C12H11N5O2. The summed E-state index contributed by atoms with van der Waals surface area (Å²) in [6.07, 6.45) is 1.79. The number of anilines is 1. The zero-order chi connectivity index (χ0) is 13.2. The van der Waals surface area contributed by atoms with E-state index in [1.54, 1.807) is 11.0 Å². The number of oxazole rings is 1. The summed E-state index contributed by atoms with van der Waals surface area (Å²) in [5.74, 6) is 0.117. The quantitative estimate of drug-likeness (QED) is 0.480. The molecule has 0 spiro atoms. The number of carbonyl (C=O) groups is 1. The molecule has 2 aromatic rings. The first-order valence-corrected chi connectivity index (χ1v) is 5.92. The molecule has 1 fully saturated rings. The van der Waals surface area contributed by atoms with Crippen molar-refractivity contribution in [2.45, 2.75) is 6.42 Å². The largest absolute Gasteiger partial charge is 0.443 e. The van der Waals surface area contributed by atoms with E-state index in [0.717, 1.165) is 11.2 Å². The number of rotatable bonds is 3. The van der Waals surface area contributed by atoms with Gasteiger partial charge in [0.2, 0.25) is 5.91 Å². The van der Waals surface area contributed by atoms with E-state index in [9.17, 15) is 4.79 Å². The summed E-state index contributed by atoms with van der Waals surface area (Å²) in [4.78, 5) is 20.4. The summed E-state index contributed by atoms with van der Waals surface area (Å²) in [6, 6.07) is 5.47. The van der Waals surface area contributed by atoms with Crippen LogP contribution in [-0.4, -0.2) is 24.0 Å². The minimum atomic E-state index is 0.0389. The van der Waals surface area contributed by atoms with Gasteiger partial charge < -0.3 is 9.32 Å². The van der Waals surface area contributed by atoms with Gasteiger partial charge in [-0.25, -0.2) is 4.98 Å². The van der Waals surface area contributed by atoms with Gasteiger partial charge in [-0.3, -0.25) is 4.79 Å². The van der Waals surface area contributed by atoms with Gasteiger partial charge in [0.05, 0.1) is 0 Å². The number of amides is 1. The van der Waals surface area contributed by atoms with Crippen LogP contribution in [0.3, 0.4) is 0 Å². The Balaban J connectivity index is 1.85. The molecule has 19 heavy (non-hydrogen) atoms. The normalized spacial score (nSPS) is 18.8. The van der Waals surface area contributed by atoms with Crippen LogP contribution in [0.15, 0.2) is 34.1 Å². The van der Waals surface area contributed by atoms with Crippen molar-refractivity contribution in [1.82, 2.24) is 4.98 Å². The molecular weight excluding hydrogens is 246 g/mol. The lowest BCUT2D eigenvalue weighted by molar-refractivity contribution is -0.117. The first-order chi connectivity index (χ1) is 9.28. The third-order valence-corrected chi connectivity index (χ3v) is 3.23. The number of azide groups is 1. The number of hydrogen-bond acceptors (Lipinski definition) is 4. The van der Waals surface area contributed by atoms with Crippen molar-refractivity contribution in [3.8, 4) is 0 Å². The molecule has 1 atom stereocenters. The maximum absolute atomic E-state index is 12.0. The van der Waals surface area contributed by atoms with Gasteiger partial charge in [-0.2, -0.15) is 0 Å². The first kappa shape index (κ1) is 11.6. The van der Waals surface area contributed by atoms with Crippen LogP contribution in [0, 0.1) is 5.92 Å². The van der Waals surface area contributed by atoms with Gasteiger partial charge in [-0.1, -0.05) is 5.11 Å². The molecule has 1 aliphatic heterocycles. The van der Waals surface area contributed by atoms with E-state index < -0.39 is 0 Å². The third-order valence-electron chi connectivity index (χ3n) is 3.23. The van der Waals surface area contributed by atoms with E-state index in [1.807, 2.05) is 12.1 Å². The average Bonchev–Trinajstić information content (AvgIpc) is 3.01. The summed E-state index contributed by atoms with van der Waals surface area (Å²) in [7, 11) is 0. The molecule has 0 radical (unpaired) electrons. The highest BCUT2D eigenvalue weighted by Gasteiger charge is 2.30. The zero-order valence-corrected chi connectivity index (χ0v) is 10.1. The lowest BCUT2D eigenvalue weighted by Crippen LogP contribution is -2.24. The standard InChI is InChI=1S/C12H11N5O2/c13-16-15-5-8-3-12(18)17(6-8)9-1-2-10-11(4-9)19-7-14-10/h1-2,4,7-8H,3,5-6H2. The van der Waals surface area contributed by atoms with Gasteiger partial charge in [-0.15, -0.1) is 0 Å². The summed E-state index contributed by atoms with van der Waals surface area (Å²) in [6.45, 7) is 0.917. The van der Waals surface area contributed by atoms with Crippen molar-refractivity contribution in [2.24, 2.45) is 11.0 Å². The van der Waals surface area contributed by atoms with Crippen LogP contribution in [0.4, 0.5) is 5.69 Å². The predicted octanol–water partition coefficient (Wildman–Crippen LogP) is 2.49. The molecule has 1 aliphatic rings. The fourth-order valence-electron chi connectivity index (χ4n) is 2.32. The number of carbonyl (C=O) groups excluding carboxylic acids is 1. The van der Waals surface area contributed by atoms with E-state index in [0.29, 0.717) is 25.1 Å². The number of nitrogens with zero attached hydrogens (tertiary/aromatic N) is 5. The van der Waals surface area contributed by atoms with Crippen LogP contribution in [0.2, 0.25) is 0 Å². The highest BCUT2D eigenvalue weighted by atomic mass is 16.3. The van der Waals surface area contributed by atoms with Crippen LogP contribution in [-0.2, 0) is 4.79 Å². The van der Waals surface area contributed by atoms with E-state index in [1.165, 1.54) is 6.39 Å². The van der Waals surface area contributed by atoms with Crippen molar-refractivity contribution in [3.05, 3.63) is 35.0 Å². The molecule has 1 amide bonds. The lowest BCUT2D eigenvalue weighted by atomic mass is 10.1. The number of aromatic nitrogens is 1. The monoisotopic (exact) mass is 257 g/mol. The molecule has 1 aromatic heterocycles. The molecule has 96 valence electrons. The molecule has 0 saturated carbocycles. The Morgan fingerprint density at radius 2 is 2.47 bits per heavy atom. The van der Waals surface area contributed by atoms with Crippen molar-refractivity contribution in [1.29, 1.82) is 0 Å². The van der Waals surface area contributed by atoms with Crippen LogP contribution in [0.5, 0.6) is 0 Å². The van der Waals surface area contributed by atoms with Gasteiger partial charge >= 0.3 is 0 Å². The molecule has 0 aliphatic carbocycles. The van der Waals surface area contributed by atoms with Crippen molar-refractivity contribution in [2.75, 3.05) is 18.0 Å². The van der Waals surface area contributed by atoms with Gasteiger partial charge in [0.15, 0.2) is 12.0 Å². The first-order valence-electron chi connectivity index (χ1n) is 5.92. The van der Waals surface area contributed by atoms with E-state index >= 15 is 0 Å². The fraction of sp³-hybridized carbons (Fsp3) is 0.333. The second-order valence-electron chi connectivity index (χ2n) is 4.49. The Bertz CT molecular complexity index is 674. The summed E-state index contributed by atoms with van der Waals surface area (Å²) in [5.41, 5.74) is 10.5. The van der Waals surface area contributed by atoms with Crippen molar-refractivity contribution >= 4 is 22.7 Å². The highest BCUT2D eigenvalue weighted by molar-refractivity contribution is 5.97. The number of fused-ring (bicyclic) bond motifs is 1. The molecule has 1 unspecified atom stereocenters. The minimum Gasteiger partial charge on any atom is -0.443 e. The average molecular weight is 257 g/mol. The molecule has 1 aromatic carbocycles. The van der Waals surface area contributed by atoms with Gasteiger partial charge in [0.25, 0.3) is 0 Å². The van der Waals surface area contributed by atoms with Crippen LogP contribution in [0.25, 0.3) is 21.5 Å². The molecule has 3 rings (SSSR count). The molecule has 0 N–H and O–H groups in total. The van der Waals surface area contributed by atoms with Gasteiger partial charge in [-0.05, 0) is 23.6 Å².